The lowest BCUT2D eigenvalue weighted by atomic mass is 10.1. The lowest BCUT2D eigenvalue weighted by Crippen LogP contribution is -2.27. The summed E-state index contributed by atoms with van der Waals surface area (Å²) in [6, 6.07) is 18.4. The van der Waals surface area contributed by atoms with Crippen LogP contribution in [0.5, 0.6) is 5.75 Å². The van der Waals surface area contributed by atoms with Crippen LogP contribution in [0.1, 0.15) is 33.8 Å². The van der Waals surface area contributed by atoms with E-state index in [4.69, 9.17) is 4.74 Å². The number of nitrogens with zero attached hydrogens (tertiary/aromatic N) is 1. The minimum Gasteiger partial charge on any atom is -0.494 e. The molecule has 0 unspecified atom stereocenters. The number of thioether (sulfide) groups is 1. The van der Waals surface area contributed by atoms with E-state index < -0.39 is 17.6 Å². The zero-order chi connectivity index (χ0) is 24.3. The predicted molar refractivity (Wildman–Crippen MR) is 126 cm³/mol. The van der Waals surface area contributed by atoms with Gasteiger partial charge in [0.15, 0.2) is 0 Å². The molecule has 5 nitrogen and oxygen atoms in total. The molecule has 3 aromatic carbocycles. The number of carbonyl (C=O) groups is 2. The van der Waals surface area contributed by atoms with Gasteiger partial charge in [0, 0.05) is 16.9 Å². The van der Waals surface area contributed by atoms with Crippen LogP contribution in [0.4, 0.5) is 24.5 Å². The zero-order valence-corrected chi connectivity index (χ0v) is 19.0. The molecule has 3 aromatic rings. The molecule has 1 heterocycles. The second-order valence-corrected chi connectivity index (χ2v) is 8.57. The van der Waals surface area contributed by atoms with Gasteiger partial charge in [-0.3, -0.25) is 14.5 Å². The van der Waals surface area contributed by atoms with E-state index in [-0.39, 0.29) is 16.8 Å². The highest BCUT2D eigenvalue weighted by Crippen LogP contribution is 2.42. The number of benzene rings is 3. The number of alkyl halides is 3. The van der Waals surface area contributed by atoms with Gasteiger partial charge in [0.1, 0.15) is 11.1 Å². The molecule has 1 atom stereocenters. The largest absolute Gasteiger partial charge is 0.494 e. The van der Waals surface area contributed by atoms with Crippen molar-refractivity contribution in [3.63, 3.8) is 0 Å². The summed E-state index contributed by atoms with van der Waals surface area (Å²) >= 11 is 1.51. The Morgan fingerprint density at radius 2 is 1.68 bits per heavy atom. The Bertz CT molecular complexity index is 1160. The molecule has 1 fully saturated rings. The summed E-state index contributed by atoms with van der Waals surface area (Å²) in [6.45, 7) is 2.46. The fourth-order valence-corrected chi connectivity index (χ4v) is 4.74. The highest BCUT2D eigenvalue weighted by atomic mass is 32.2. The molecular weight excluding hydrogens is 465 g/mol. The van der Waals surface area contributed by atoms with E-state index in [2.05, 4.69) is 5.32 Å². The van der Waals surface area contributed by atoms with Crippen LogP contribution in [0.2, 0.25) is 0 Å². The van der Waals surface area contributed by atoms with E-state index in [1.807, 2.05) is 43.3 Å². The summed E-state index contributed by atoms with van der Waals surface area (Å²) in [5, 5.41) is 2.47. The van der Waals surface area contributed by atoms with Crippen molar-refractivity contribution in [1.29, 1.82) is 0 Å². The van der Waals surface area contributed by atoms with E-state index in [1.165, 1.54) is 11.8 Å². The third-order valence-corrected chi connectivity index (χ3v) is 6.43. The van der Waals surface area contributed by atoms with Gasteiger partial charge in [-0.05, 0) is 73.2 Å². The molecule has 4 rings (SSSR count). The molecule has 1 saturated heterocycles. The fraction of sp³-hybridized carbons (Fsp3) is 0.200. The molecule has 9 heteroatoms. The molecule has 1 N–H and O–H groups in total. The Hall–Kier alpha value is -3.46. The maximum Gasteiger partial charge on any atom is 0.416 e. The summed E-state index contributed by atoms with van der Waals surface area (Å²) in [4.78, 5) is 26.7. The molecule has 0 aromatic heterocycles. The van der Waals surface area contributed by atoms with E-state index in [1.54, 1.807) is 17.0 Å². The van der Waals surface area contributed by atoms with E-state index in [0.29, 0.717) is 18.0 Å². The smallest absolute Gasteiger partial charge is 0.416 e. The number of ether oxygens (including phenoxy) is 1. The van der Waals surface area contributed by atoms with Gasteiger partial charge < -0.3 is 10.1 Å². The molecule has 0 radical (unpaired) electrons. The van der Waals surface area contributed by atoms with Crippen LogP contribution in [0.25, 0.3) is 0 Å². The Labute approximate surface area is 198 Å². The molecule has 176 valence electrons. The molecule has 0 aliphatic carbocycles. The first-order valence-electron chi connectivity index (χ1n) is 10.5. The van der Waals surface area contributed by atoms with Gasteiger partial charge in [-0.25, -0.2) is 0 Å². The number of hydrogen-bond donors (Lipinski definition) is 1. The van der Waals surface area contributed by atoms with Crippen molar-refractivity contribution < 1.29 is 27.5 Å². The molecule has 34 heavy (non-hydrogen) atoms. The standard InChI is InChI=1S/C25H21F3N2O3S/c1-2-33-21-13-11-20(12-14-21)30-22(31)15-34-24(30)17-5-9-19(10-6-17)29-23(32)16-3-7-18(8-4-16)25(26,27)28/h3-14,24H,2,15H2,1H3,(H,29,32)/t24-/m0/s1. The van der Waals surface area contributed by atoms with Gasteiger partial charge in [0.2, 0.25) is 5.91 Å². The van der Waals surface area contributed by atoms with E-state index >= 15 is 0 Å². The lowest BCUT2D eigenvalue weighted by Gasteiger charge is -2.24. The molecule has 2 amide bonds. The number of halogens is 3. The first-order valence-corrected chi connectivity index (χ1v) is 11.6. The summed E-state index contributed by atoms with van der Waals surface area (Å²) in [6.07, 6.45) is -4.45. The summed E-state index contributed by atoms with van der Waals surface area (Å²) in [5.41, 5.74) is 1.46. The first-order chi connectivity index (χ1) is 16.3. The van der Waals surface area contributed by atoms with Crippen LogP contribution in [-0.4, -0.2) is 24.2 Å². The molecular formula is C25H21F3N2O3S. The average molecular weight is 487 g/mol. The van der Waals surface area contributed by atoms with Crippen molar-refractivity contribution in [3.8, 4) is 5.75 Å². The van der Waals surface area contributed by atoms with Gasteiger partial charge in [-0.2, -0.15) is 13.2 Å². The summed E-state index contributed by atoms with van der Waals surface area (Å²) in [7, 11) is 0. The fourth-order valence-electron chi connectivity index (χ4n) is 3.56. The monoisotopic (exact) mass is 486 g/mol. The van der Waals surface area contributed by atoms with Crippen molar-refractivity contribution in [2.45, 2.75) is 18.5 Å². The van der Waals surface area contributed by atoms with Crippen molar-refractivity contribution in [2.75, 3.05) is 22.6 Å². The van der Waals surface area contributed by atoms with Crippen molar-refractivity contribution in [2.24, 2.45) is 0 Å². The minimum absolute atomic E-state index is 0.00107. The second-order valence-electron chi connectivity index (χ2n) is 7.51. The highest BCUT2D eigenvalue weighted by Gasteiger charge is 2.34. The number of amides is 2. The van der Waals surface area contributed by atoms with Gasteiger partial charge in [0.25, 0.3) is 5.91 Å². The zero-order valence-electron chi connectivity index (χ0n) is 18.1. The average Bonchev–Trinajstić information content (AvgIpc) is 3.21. The maximum atomic E-state index is 12.7. The number of rotatable bonds is 6. The second kappa shape index (κ2) is 9.80. The number of nitrogens with one attached hydrogen (secondary N) is 1. The quantitative estimate of drug-likeness (QED) is 0.455. The van der Waals surface area contributed by atoms with Crippen LogP contribution in [0, 0.1) is 0 Å². The van der Waals surface area contributed by atoms with Gasteiger partial charge >= 0.3 is 6.18 Å². The van der Waals surface area contributed by atoms with Crippen LogP contribution >= 0.6 is 11.8 Å². The Morgan fingerprint density at radius 3 is 2.26 bits per heavy atom. The maximum absolute atomic E-state index is 12.7. The van der Waals surface area contributed by atoms with E-state index in [9.17, 15) is 22.8 Å². The lowest BCUT2D eigenvalue weighted by molar-refractivity contribution is -0.137. The van der Waals surface area contributed by atoms with E-state index in [0.717, 1.165) is 41.3 Å². The minimum atomic E-state index is -4.45. The SMILES string of the molecule is CCOc1ccc(N2C(=O)CS[C@H]2c2ccc(NC(=O)c3ccc(C(F)(F)F)cc3)cc2)cc1. The molecule has 1 aliphatic heterocycles. The van der Waals surface area contributed by atoms with Crippen molar-refractivity contribution in [3.05, 3.63) is 89.5 Å². The van der Waals surface area contributed by atoms with Gasteiger partial charge in [0.05, 0.1) is 17.9 Å². The van der Waals surface area contributed by atoms with Crippen LogP contribution in [0.3, 0.4) is 0 Å². The Morgan fingerprint density at radius 1 is 1.03 bits per heavy atom. The molecule has 0 spiro atoms. The normalized spacial score (nSPS) is 15.9. The van der Waals surface area contributed by atoms with Gasteiger partial charge in [-0.15, -0.1) is 11.8 Å². The Kier molecular flexibility index (Phi) is 6.83. The number of carbonyl (C=O) groups excluding carboxylic acids is 2. The molecule has 1 aliphatic rings. The first kappa shape index (κ1) is 23.7. The molecule has 0 bridgehead atoms. The van der Waals surface area contributed by atoms with Crippen LogP contribution in [0.15, 0.2) is 72.8 Å². The predicted octanol–water partition coefficient (Wildman–Crippen LogP) is 6.14. The Balaban J connectivity index is 1.46. The summed E-state index contributed by atoms with van der Waals surface area (Å²) in [5.74, 6) is 0.571. The topological polar surface area (TPSA) is 58.6 Å². The molecule has 0 saturated carbocycles. The van der Waals surface area contributed by atoms with Crippen molar-refractivity contribution in [1.82, 2.24) is 0 Å². The number of anilines is 2. The third kappa shape index (κ3) is 5.20. The number of hydrogen-bond acceptors (Lipinski definition) is 4. The highest BCUT2D eigenvalue weighted by molar-refractivity contribution is 8.00. The van der Waals surface area contributed by atoms with Crippen LogP contribution in [-0.2, 0) is 11.0 Å². The van der Waals surface area contributed by atoms with Crippen molar-refractivity contribution >= 4 is 35.0 Å². The van der Waals surface area contributed by atoms with Gasteiger partial charge in [-0.1, -0.05) is 12.1 Å². The third-order valence-electron chi connectivity index (χ3n) is 5.22. The van der Waals surface area contributed by atoms with Crippen LogP contribution < -0.4 is 15.0 Å². The summed E-state index contributed by atoms with van der Waals surface area (Å²) < 4.78 is 43.6.